The molecule has 0 radical (unpaired) electrons. The van der Waals surface area contributed by atoms with Crippen LogP contribution in [0.1, 0.15) is 10.4 Å². The smallest absolute Gasteiger partial charge is 0.239 e. The Bertz CT molecular complexity index is 831. The van der Waals surface area contributed by atoms with Crippen LogP contribution in [0.2, 0.25) is 0 Å². The van der Waals surface area contributed by atoms with Crippen molar-refractivity contribution in [1.29, 1.82) is 0 Å². The quantitative estimate of drug-likeness (QED) is 0.773. The summed E-state index contributed by atoms with van der Waals surface area (Å²) in [6.07, 6.45) is 0. The highest BCUT2D eigenvalue weighted by atomic mass is 32.2. The van der Waals surface area contributed by atoms with Crippen molar-refractivity contribution < 1.29 is 22.7 Å². The molecule has 24 heavy (non-hydrogen) atoms. The van der Waals surface area contributed by atoms with Crippen LogP contribution in [-0.4, -0.2) is 38.7 Å². The molecule has 2 aromatic rings. The molecule has 0 aliphatic carbocycles. The van der Waals surface area contributed by atoms with Gasteiger partial charge < -0.3 is 10.1 Å². The normalized spacial score (nSPS) is 10.9. The van der Waals surface area contributed by atoms with Crippen LogP contribution in [0.25, 0.3) is 0 Å². The largest absolute Gasteiger partial charge is 0.495 e. The van der Waals surface area contributed by atoms with Crippen LogP contribution in [0.5, 0.6) is 5.75 Å². The fraction of sp³-hybridized carbons (Fsp3) is 0.176. The Labute approximate surface area is 140 Å². The van der Waals surface area contributed by atoms with E-state index in [2.05, 4.69) is 5.32 Å². The summed E-state index contributed by atoms with van der Waals surface area (Å²) >= 11 is 0. The Morgan fingerprint density at radius 2 is 1.58 bits per heavy atom. The number of para-hydroxylation sites is 2. The summed E-state index contributed by atoms with van der Waals surface area (Å²) in [6.45, 7) is 0. The van der Waals surface area contributed by atoms with E-state index < -0.39 is 33.0 Å². The first-order valence-electron chi connectivity index (χ1n) is 7.13. The molecule has 1 N–H and O–H groups in total. The van der Waals surface area contributed by atoms with Gasteiger partial charge in [0.2, 0.25) is 5.91 Å². The minimum absolute atomic E-state index is 0.297. The second-order valence-corrected chi connectivity index (χ2v) is 7.13. The summed E-state index contributed by atoms with van der Waals surface area (Å²) in [5.74, 6) is -2.33. The van der Waals surface area contributed by atoms with Gasteiger partial charge in [-0.15, -0.1) is 0 Å². The van der Waals surface area contributed by atoms with E-state index in [1.807, 2.05) is 0 Å². The number of carbonyl (C=O) groups excluding carboxylic acids is 2. The zero-order valence-corrected chi connectivity index (χ0v) is 13.9. The summed E-state index contributed by atoms with van der Waals surface area (Å²) in [4.78, 5) is 23.9. The second kappa shape index (κ2) is 7.74. The minimum Gasteiger partial charge on any atom is -0.495 e. The Hall–Kier alpha value is -2.67. The Morgan fingerprint density at radius 1 is 0.958 bits per heavy atom. The lowest BCUT2D eigenvalue weighted by Gasteiger charge is -2.10. The summed E-state index contributed by atoms with van der Waals surface area (Å²) in [5.41, 5.74) is 0.667. The van der Waals surface area contributed by atoms with Gasteiger partial charge in [0.1, 0.15) is 17.3 Å². The van der Waals surface area contributed by atoms with Gasteiger partial charge in [0.25, 0.3) is 0 Å². The molecule has 126 valence electrons. The Balaban J connectivity index is 2.01. The molecule has 7 heteroatoms. The first-order valence-corrected chi connectivity index (χ1v) is 8.95. The molecule has 0 saturated heterocycles. The molecular weight excluding hydrogens is 330 g/mol. The summed E-state index contributed by atoms with van der Waals surface area (Å²) < 4.78 is 29.2. The fourth-order valence-electron chi connectivity index (χ4n) is 2.09. The zero-order valence-electron chi connectivity index (χ0n) is 13.1. The van der Waals surface area contributed by atoms with Crippen LogP contribution < -0.4 is 10.1 Å². The van der Waals surface area contributed by atoms with E-state index in [1.54, 1.807) is 42.5 Å². The van der Waals surface area contributed by atoms with Crippen molar-refractivity contribution in [3.05, 3.63) is 60.2 Å². The van der Waals surface area contributed by atoms with Gasteiger partial charge in [-0.3, -0.25) is 9.59 Å². The number of ketones is 1. The molecule has 0 aromatic heterocycles. The average Bonchev–Trinajstić information content (AvgIpc) is 2.55. The average molecular weight is 347 g/mol. The second-order valence-electron chi connectivity index (χ2n) is 5.07. The van der Waals surface area contributed by atoms with Crippen molar-refractivity contribution in [3.63, 3.8) is 0 Å². The molecule has 1 amide bonds. The number of nitrogens with one attached hydrogen (secondary N) is 1. The van der Waals surface area contributed by atoms with Gasteiger partial charge in [0.15, 0.2) is 15.6 Å². The van der Waals surface area contributed by atoms with Gasteiger partial charge in [0.05, 0.1) is 12.8 Å². The predicted molar refractivity (Wildman–Crippen MR) is 91.1 cm³/mol. The Morgan fingerprint density at radius 3 is 2.25 bits per heavy atom. The molecular formula is C17H17NO5S. The highest BCUT2D eigenvalue weighted by molar-refractivity contribution is 7.92. The van der Waals surface area contributed by atoms with Crippen molar-refractivity contribution >= 4 is 27.2 Å². The van der Waals surface area contributed by atoms with Crippen molar-refractivity contribution in [2.75, 3.05) is 23.9 Å². The van der Waals surface area contributed by atoms with E-state index in [-0.39, 0.29) is 0 Å². The number of rotatable bonds is 7. The number of sulfone groups is 1. The highest BCUT2D eigenvalue weighted by Gasteiger charge is 2.22. The molecule has 0 saturated carbocycles. The number of benzene rings is 2. The zero-order chi connectivity index (χ0) is 17.6. The topological polar surface area (TPSA) is 89.5 Å². The van der Waals surface area contributed by atoms with Crippen LogP contribution >= 0.6 is 0 Å². The van der Waals surface area contributed by atoms with Crippen LogP contribution in [0, 0.1) is 0 Å². The third-order valence-electron chi connectivity index (χ3n) is 3.18. The van der Waals surface area contributed by atoms with E-state index in [9.17, 15) is 18.0 Å². The van der Waals surface area contributed by atoms with Gasteiger partial charge in [-0.25, -0.2) is 8.42 Å². The van der Waals surface area contributed by atoms with E-state index in [0.717, 1.165) is 0 Å². The number of ether oxygens (including phenoxy) is 1. The van der Waals surface area contributed by atoms with E-state index in [1.165, 1.54) is 19.2 Å². The SMILES string of the molecule is COc1ccccc1NC(=O)CS(=O)(=O)CC(=O)c1ccccc1. The van der Waals surface area contributed by atoms with Crippen LogP contribution in [0.15, 0.2) is 54.6 Å². The number of hydrogen-bond acceptors (Lipinski definition) is 5. The van der Waals surface area contributed by atoms with E-state index in [4.69, 9.17) is 4.74 Å². The maximum Gasteiger partial charge on any atom is 0.239 e. The fourth-order valence-corrected chi connectivity index (χ4v) is 3.23. The molecule has 2 rings (SSSR count). The van der Waals surface area contributed by atoms with Crippen molar-refractivity contribution in [3.8, 4) is 5.75 Å². The van der Waals surface area contributed by atoms with Gasteiger partial charge in [-0.05, 0) is 12.1 Å². The van der Waals surface area contributed by atoms with Gasteiger partial charge in [0, 0.05) is 5.56 Å². The maximum atomic E-state index is 12.1. The lowest BCUT2D eigenvalue weighted by Crippen LogP contribution is -2.27. The monoisotopic (exact) mass is 347 g/mol. The summed E-state index contributed by atoms with van der Waals surface area (Å²) in [7, 11) is -2.43. The molecule has 0 heterocycles. The van der Waals surface area contributed by atoms with Gasteiger partial charge >= 0.3 is 0 Å². The lowest BCUT2D eigenvalue weighted by molar-refractivity contribution is -0.113. The van der Waals surface area contributed by atoms with E-state index in [0.29, 0.717) is 17.0 Å². The van der Waals surface area contributed by atoms with Gasteiger partial charge in [-0.1, -0.05) is 42.5 Å². The number of amides is 1. The molecule has 0 fully saturated rings. The van der Waals surface area contributed by atoms with E-state index >= 15 is 0 Å². The molecule has 6 nitrogen and oxygen atoms in total. The molecule has 0 bridgehead atoms. The molecule has 0 spiro atoms. The molecule has 2 aromatic carbocycles. The summed E-state index contributed by atoms with van der Waals surface area (Å²) in [6, 6.07) is 14.7. The van der Waals surface area contributed by atoms with Crippen LogP contribution in [-0.2, 0) is 14.6 Å². The van der Waals surface area contributed by atoms with Crippen LogP contribution in [0.3, 0.4) is 0 Å². The van der Waals surface area contributed by atoms with Crippen LogP contribution in [0.4, 0.5) is 5.69 Å². The Kier molecular flexibility index (Phi) is 5.70. The maximum absolute atomic E-state index is 12.1. The first-order chi connectivity index (χ1) is 11.4. The third-order valence-corrected chi connectivity index (χ3v) is 4.58. The van der Waals surface area contributed by atoms with Crippen molar-refractivity contribution in [1.82, 2.24) is 0 Å². The van der Waals surface area contributed by atoms with Crippen molar-refractivity contribution in [2.24, 2.45) is 0 Å². The van der Waals surface area contributed by atoms with Gasteiger partial charge in [-0.2, -0.15) is 0 Å². The number of anilines is 1. The minimum atomic E-state index is -3.87. The molecule has 0 aliphatic rings. The molecule has 0 unspecified atom stereocenters. The highest BCUT2D eigenvalue weighted by Crippen LogP contribution is 2.22. The number of carbonyl (C=O) groups is 2. The third kappa shape index (κ3) is 4.92. The number of Topliss-reactive ketones (excluding diaryl/α,β-unsaturated/α-hetero) is 1. The first kappa shape index (κ1) is 17.7. The van der Waals surface area contributed by atoms with Crippen molar-refractivity contribution in [2.45, 2.75) is 0 Å². The predicted octanol–water partition coefficient (Wildman–Crippen LogP) is 1.93. The summed E-state index contributed by atoms with van der Waals surface area (Å²) in [5, 5.41) is 2.48. The number of methoxy groups -OCH3 is 1. The number of hydrogen-bond donors (Lipinski definition) is 1. The standard InChI is InChI=1S/C17H17NO5S/c1-23-16-10-6-5-9-14(16)18-17(20)12-24(21,22)11-15(19)13-7-3-2-4-8-13/h2-10H,11-12H2,1H3,(H,18,20). The lowest BCUT2D eigenvalue weighted by atomic mass is 10.2. The molecule has 0 atom stereocenters. The molecule has 0 aliphatic heterocycles.